The number of aliphatic hydroxyl groups is 2. The van der Waals surface area contributed by atoms with Crippen molar-refractivity contribution in [2.24, 2.45) is 22.9 Å². The van der Waals surface area contributed by atoms with Crippen molar-refractivity contribution in [3.63, 3.8) is 0 Å². The number of fused-ring (bicyclic) bond motifs is 2. The van der Waals surface area contributed by atoms with Crippen molar-refractivity contribution in [1.82, 2.24) is 9.62 Å². The summed E-state index contributed by atoms with van der Waals surface area (Å²) in [7, 11) is -4.28. The van der Waals surface area contributed by atoms with E-state index in [4.69, 9.17) is 24.2 Å². The summed E-state index contributed by atoms with van der Waals surface area (Å²) in [5.41, 5.74) is 2.00. The molecule has 70 heavy (non-hydrogen) atoms. The number of allylic oxidation sites excluding steroid dienone is 1. The third-order valence-corrected chi connectivity index (χ3v) is 15.6. The van der Waals surface area contributed by atoms with Gasteiger partial charge in [0.25, 0.3) is 0 Å². The van der Waals surface area contributed by atoms with Crippen molar-refractivity contribution in [3.8, 4) is 11.5 Å². The van der Waals surface area contributed by atoms with Gasteiger partial charge in [0.2, 0.25) is 21.7 Å². The molecule has 0 radical (unpaired) electrons. The predicted octanol–water partition coefficient (Wildman–Crippen LogP) is 11.2. The average molecular weight is 993 g/mol. The molecule has 4 N–H and O–H groups in total. The molecule has 1 aliphatic heterocycles. The Balaban J connectivity index is 1.62. The minimum Gasteiger partial charge on any atom is -0.460 e. The molecular weight excluding hydrogens is 909 g/mol. The largest absolute Gasteiger partial charge is 0.460 e. The van der Waals surface area contributed by atoms with Crippen LogP contribution in [0.2, 0.25) is 0 Å². The van der Waals surface area contributed by atoms with E-state index in [9.17, 15) is 19.8 Å². The number of aliphatic hydroxyl groups excluding tert-OH is 2. The topological polar surface area (TPSA) is 185 Å². The van der Waals surface area contributed by atoms with Gasteiger partial charge < -0.3 is 39.9 Å². The van der Waals surface area contributed by atoms with Crippen LogP contribution < -0.4 is 20.1 Å². The zero-order valence-corrected chi connectivity index (χ0v) is 43.8. The number of unbranched alkanes of at least 4 members (excludes halogenated alkanes) is 11. The Hall–Kier alpha value is -4.28. The molecule has 15 heteroatoms. The number of ether oxygens (including phenoxy) is 3. The van der Waals surface area contributed by atoms with E-state index in [1.54, 1.807) is 30.3 Å². The van der Waals surface area contributed by atoms with E-state index < -0.39 is 39.5 Å². The highest BCUT2D eigenvalue weighted by molar-refractivity contribution is 7.89. The second-order valence-corrected chi connectivity index (χ2v) is 22.2. The molecule has 3 aliphatic rings. The third kappa shape index (κ3) is 15.1. The van der Waals surface area contributed by atoms with Crippen LogP contribution in [-0.2, 0) is 24.4 Å². The fourth-order valence-electron chi connectivity index (χ4n) is 10.5. The van der Waals surface area contributed by atoms with E-state index >= 15 is 8.42 Å². The minimum absolute atomic E-state index is 0.0209. The molecule has 2 aromatic rings. The molecule has 0 aromatic heterocycles. The van der Waals surface area contributed by atoms with Gasteiger partial charge in [0.1, 0.15) is 17.1 Å². The van der Waals surface area contributed by atoms with E-state index in [1.165, 1.54) is 68.3 Å². The quantitative estimate of drug-likeness (QED) is 0.0333. The fourth-order valence-corrected chi connectivity index (χ4v) is 12.3. The number of oxime groups is 1. The van der Waals surface area contributed by atoms with Crippen molar-refractivity contribution in [2.75, 3.05) is 38.2 Å². The van der Waals surface area contributed by atoms with Gasteiger partial charge in [-0.2, -0.15) is 4.31 Å². The molecule has 1 fully saturated rings. The zero-order chi connectivity index (χ0) is 50.7. The van der Waals surface area contributed by atoms with Crippen LogP contribution in [0.1, 0.15) is 169 Å². The van der Waals surface area contributed by atoms with Crippen molar-refractivity contribution in [1.29, 1.82) is 0 Å². The van der Waals surface area contributed by atoms with E-state index in [-0.39, 0.29) is 61.3 Å². The first kappa shape index (κ1) is 56.6. The number of amides is 2. The first-order valence-corrected chi connectivity index (χ1v) is 27.7. The maximum atomic E-state index is 15.3. The monoisotopic (exact) mass is 993 g/mol. The van der Waals surface area contributed by atoms with E-state index in [1.807, 2.05) is 33.8 Å². The summed E-state index contributed by atoms with van der Waals surface area (Å²) in [5.74, 6) is -2.19. The first-order valence-electron chi connectivity index (χ1n) is 26.3. The van der Waals surface area contributed by atoms with Crippen LogP contribution in [0.5, 0.6) is 11.5 Å². The molecule has 1 heterocycles. The minimum atomic E-state index is -4.28. The Bertz CT molecular complexity index is 2160. The number of carbonyl (C=O) groups is 2. The lowest BCUT2D eigenvalue weighted by molar-refractivity contribution is -0.251. The highest BCUT2D eigenvalue weighted by atomic mass is 32.2. The smallest absolute Gasteiger partial charge is 0.412 e. The van der Waals surface area contributed by atoms with Gasteiger partial charge in [-0.05, 0) is 119 Å². The average Bonchev–Trinajstić information content (AvgIpc) is 3.32. The summed E-state index contributed by atoms with van der Waals surface area (Å²) in [6.45, 7) is 16.1. The summed E-state index contributed by atoms with van der Waals surface area (Å²) in [6.07, 6.45) is 20.0. The Morgan fingerprint density at radius 2 is 1.56 bits per heavy atom. The molecule has 6 atom stereocenters. The second-order valence-electron chi connectivity index (χ2n) is 20.3. The van der Waals surface area contributed by atoms with Gasteiger partial charge >= 0.3 is 6.09 Å². The van der Waals surface area contributed by atoms with Gasteiger partial charge in [-0.3, -0.25) is 4.79 Å². The van der Waals surface area contributed by atoms with Crippen molar-refractivity contribution in [3.05, 3.63) is 72.3 Å². The highest BCUT2D eigenvalue weighted by Crippen LogP contribution is 2.62. The number of anilines is 1. The van der Waals surface area contributed by atoms with Gasteiger partial charge in [-0.15, -0.1) is 6.58 Å². The van der Waals surface area contributed by atoms with Crippen LogP contribution >= 0.6 is 0 Å². The molecule has 2 aromatic carbocycles. The van der Waals surface area contributed by atoms with Crippen LogP contribution in [0.15, 0.2) is 76.8 Å². The van der Waals surface area contributed by atoms with Gasteiger partial charge in [0.05, 0.1) is 29.2 Å². The molecule has 2 aliphatic carbocycles. The Labute approximate surface area is 419 Å². The molecule has 14 nitrogen and oxygen atoms in total. The number of rotatable bonds is 30. The molecule has 0 spiro atoms. The second kappa shape index (κ2) is 27.5. The number of hydrogen-bond acceptors (Lipinski definition) is 11. The molecule has 390 valence electrons. The lowest BCUT2D eigenvalue weighted by Gasteiger charge is -2.59. The summed E-state index contributed by atoms with van der Waals surface area (Å²) in [6, 6.07) is 10.5. The van der Waals surface area contributed by atoms with Crippen molar-refractivity contribution in [2.45, 2.75) is 185 Å². The van der Waals surface area contributed by atoms with Crippen LogP contribution in [0.3, 0.4) is 0 Å². The number of hydrogen-bond donors (Lipinski definition) is 4. The molecule has 1 saturated carbocycles. The molecule has 0 unspecified atom stereocenters. The first-order chi connectivity index (χ1) is 33.6. The molecule has 0 bridgehead atoms. The Morgan fingerprint density at radius 1 is 0.900 bits per heavy atom. The van der Waals surface area contributed by atoms with Crippen LogP contribution in [-0.4, -0.2) is 91.0 Å². The lowest BCUT2D eigenvalue weighted by atomic mass is 9.55. The maximum Gasteiger partial charge on any atom is 0.412 e. The molecule has 5 rings (SSSR count). The number of carbonyl (C=O) groups excluding carboxylic acids is 2. The Kier molecular flexibility index (Phi) is 22.3. The summed E-state index contributed by atoms with van der Waals surface area (Å²) >= 11 is 0. The third-order valence-electron chi connectivity index (χ3n) is 13.7. The van der Waals surface area contributed by atoms with Crippen molar-refractivity contribution < 1.29 is 47.3 Å². The summed E-state index contributed by atoms with van der Waals surface area (Å²) < 4.78 is 52.4. The number of nitrogens with one attached hydrogen (secondary N) is 2. The van der Waals surface area contributed by atoms with Gasteiger partial charge in [-0.1, -0.05) is 102 Å². The van der Waals surface area contributed by atoms with Crippen LogP contribution in [0.4, 0.5) is 10.5 Å². The van der Waals surface area contributed by atoms with Crippen molar-refractivity contribution >= 4 is 33.4 Å². The lowest BCUT2D eigenvalue weighted by Crippen LogP contribution is -2.70. The SMILES string of the molecule is C=CCO[C@@]12Oc3ccc(OC(=O)NCCCCCCCCCCCC)cc3[C@H]3[C@H](CCCCO)[C@@H](CCCCO)C=C(C(=NOC(C)(C)C)C[C@@H]1N(CCC)S(=O)(=O)c1ccc(NC(C)=O)cc1)[C@H]32. The fraction of sp³-hybridized carbons (Fsp3) is 0.655. The molecule has 0 saturated heterocycles. The Morgan fingerprint density at radius 3 is 2.17 bits per heavy atom. The van der Waals surface area contributed by atoms with E-state index in [2.05, 4.69) is 30.2 Å². The predicted molar refractivity (Wildman–Crippen MR) is 277 cm³/mol. The normalized spacial score (nSPS) is 22.4. The number of sulfonamides is 1. The van der Waals surface area contributed by atoms with E-state index in [0.717, 1.165) is 49.7 Å². The standard InChI is InChI=1S/C55H84N4O10S/c1-8-11-12-13-14-15-16-17-18-21-32-56-53(63)67-43-28-31-49-47(38-43)51-45(25-20-23-35-61)41(24-19-22-34-60)37-46-48(58-69-54(5,6)7)39-50(55(68-49,52(46)51)66-36-10-3)59(33-9-2)70(64,65)44-29-26-42(27-30-44)57-40(4)62/h10,26-31,37-38,41,45,50-52,60-61H,3,8-9,11-25,32-36,39H2,1-2,4-7H3,(H,56,63)(H,57,62)/t41-,45+,50-,51+,52+,55+/m0/s1. The number of benzene rings is 2. The molecule has 2 amide bonds. The highest BCUT2D eigenvalue weighted by Gasteiger charge is 2.66. The van der Waals surface area contributed by atoms with Crippen LogP contribution in [0, 0.1) is 17.8 Å². The summed E-state index contributed by atoms with van der Waals surface area (Å²) in [5, 5.41) is 30.5. The van der Waals surface area contributed by atoms with Gasteiger partial charge in [0.15, 0.2) is 0 Å². The summed E-state index contributed by atoms with van der Waals surface area (Å²) in [4.78, 5) is 31.5. The van der Waals surface area contributed by atoms with Crippen LogP contribution in [0.25, 0.3) is 0 Å². The number of nitrogens with zero attached hydrogens (tertiary/aromatic N) is 2. The maximum absolute atomic E-state index is 15.3. The zero-order valence-electron chi connectivity index (χ0n) is 43.0. The van der Waals surface area contributed by atoms with Gasteiger partial charge in [0, 0.05) is 56.8 Å². The molecular formula is C55H84N4O10S. The van der Waals surface area contributed by atoms with E-state index in [0.29, 0.717) is 55.1 Å². The van der Waals surface area contributed by atoms with Gasteiger partial charge in [-0.25, -0.2) is 13.2 Å².